The van der Waals surface area contributed by atoms with Crippen LogP contribution in [0.1, 0.15) is 18.1 Å². The molecule has 1 heterocycles. The van der Waals surface area contributed by atoms with Crippen LogP contribution in [0.4, 0.5) is 11.4 Å². The van der Waals surface area contributed by atoms with Crippen molar-refractivity contribution < 1.29 is 9.59 Å². The maximum Gasteiger partial charge on any atom is 0.283 e. The molecule has 1 aliphatic heterocycles. The van der Waals surface area contributed by atoms with Gasteiger partial charge in [-0.05, 0) is 61.4 Å². The van der Waals surface area contributed by atoms with Crippen LogP contribution in [-0.2, 0) is 16.0 Å². The predicted molar refractivity (Wildman–Crippen MR) is 132 cm³/mol. The average molecular weight is 483 g/mol. The number of nitrogens with zero attached hydrogens (tertiary/aromatic N) is 1. The Kier molecular flexibility index (Phi) is 6.60. The number of benzene rings is 3. The fourth-order valence-electron chi connectivity index (χ4n) is 3.27. The summed E-state index contributed by atoms with van der Waals surface area (Å²) in [5.74, 6) is -0.853. The lowest BCUT2D eigenvalue weighted by Gasteiger charge is -2.16. The van der Waals surface area contributed by atoms with Crippen molar-refractivity contribution >= 4 is 58.2 Å². The third kappa shape index (κ3) is 4.56. The summed E-state index contributed by atoms with van der Waals surface area (Å²) in [6.45, 7) is 4.08. The van der Waals surface area contributed by atoms with E-state index in [0.29, 0.717) is 15.6 Å². The van der Waals surface area contributed by atoms with Crippen LogP contribution in [0.25, 0.3) is 0 Å². The lowest BCUT2D eigenvalue weighted by molar-refractivity contribution is -0.120. The Hall–Kier alpha value is -2.73. The number of amides is 2. The summed E-state index contributed by atoms with van der Waals surface area (Å²) in [7, 11) is 0. The van der Waals surface area contributed by atoms with E-state index in [1.165, 1.54) is 23.4 Å². The summed E-state index contributed by atoms with van der Waals surface area (Å²) in [6.07, 6.45) is 0.917. The van der Waals surface area contributed by atoms with Crippen molar-refractivity contribution in [2.45, 2.75) is 25.2 Å². The molecule has 0 bridgehead atoms. The number of halogens is 2. The molecule has 3 aromatic rings. The van der Waals surface area contributed by atoms with Gasteiger partial charge in [0.05, 0.1) is 15.7 Å². The van der Waals surface area contributed by atoms with Crippen LogP contribution in [-0.4, -0.2) is 11.8 Å². The molecule has 0 atom stereocenters. The van der Waals surface area contributed by atoms with Gasteiger partial charge in [-0.2, -0.15) is 0 Å². The molecule has 3 aromatic carbocycles. The van der Waals surface area contributed by atoms with Gasteiger partial charge in [-0.3, -0.25) is 9.59 Å². The molecule has 0 saturated heterocycles. The topological polar surface area (TPSA) is 49.4 Å². The van der Waals surface area contributed by atoms with Crippen LogP contribution in [0, 0.1) is 6.92 Å². The SMILES string of the molecule is CCc1ccc(NC2=C(Sc3ccc(C)cc3)C(=O)N(c3ccc(Cl)c(Cl)c3)C2=O)cc1. The second-order valence-corrected chi connectivity index (χ2v) is 9.24. The van der Waals surface area contributed by atoms with E-state index in [1.54, 1.807) is 12.1 Å². The molecule has 162 valence electrons. The highest BCUT2D eigenvalue weighted by Crippen LogP contribution is 2.39. The van der Waals surface area contributed by atoms with Crippen LogP contribution < -0.4 is 10.2 Å². The first-order valence-electron chi connectivity index (χ1n) is 10.1. The molecule has 0 saturated carbocycles. The van der Waals surface area contributed by atoms with Crippen molar-refractivity contribution in [2.24, 2.45) is 0 Å². The van der Waals surface area contributed by atoms with Crippen LogP contribution in [0.3, 0.4) is 0 Å². The van der Waals surface area contributed by atoms with Gasteiger partial charge in [0.15, 0.2) is 0 Å². The molecule has 1 aliphatic rings. The summed E-state index contributed by atoms with van der Waals surface area (Å²) >= 11 is 13.4. The maximum atomic E-state index is 13.4. The molecule has 1 N–H and O–H groups in total. The molecule has 2 amide bonds. The van der Waals surface area contributed by atoms with E-state index in [2.05, 4.69) is 12.2 Å². The molecule has 0 aliphatic carbocycles. The summed E-state index contributed by atoms with van der Waals surface area (Å²) < 4.78 is 0. The minimum Gasteiger partial charge on any atom is -0.350 e. The number of hydrogen-bond donors (Lipinski definition) is 1. The van der Waals surface area contributed by atoms with Gasteiger partial charge in [0.25, 0.3) is 11.8 Å². The lowest BCUT2D eigenvalue weighted by Crippen LogP contribution is -2.32. The van der Waals surface area contributed by atoms with Crippen molar-refractivity contribution in [3.05, 3.63) is 98.5 Å². The van der Waals surface area contributed by atoms with Crippen molar-refractivity contribution in [3.63, 3.8) is 0 Å². The van der Waals surface area contributed by atoms with E-state index >= 15 is 0 Å². The largest absolute Gasteiger partial charge is 0.350 e. The zero-order valence-corrected chi connectivity index (χ0v) is 19.8. The number of carbonyl (C=O) groups excluding carboxylic acids is 2. The third-order valence-electron chi connectivity index (χ3n) is 5.08. The Bertz CT molecular complexity index is 1220. The molecule has 0 fully saturated rings. The van der Waals surface area contributed by atoms with Crippen LogP contribution in [0.15, 0.2) is 82.2 Å². The number of nitrogens with one attached hydrogen (secondary N) is 1. The highest BCUT2D eigenvalue weighted by atomic mass is 35.5. The van der Waals surface area contributed by atoms with E-state index in [1.807, 2.05) is 55.5 Å². The zero-order valence-electron chi connectivity index (χ0n) is 17.5. The van der Waals surface area contributed by atoms with Gasteiger partial charge in [-0.25, -0.2) is 4.90 Å². The minimum absolute atomic E-state index is 0.232. The van der Waals surface area contributed by atoms with Crippen LogP contribution in [0.5, 0.6) is 0 Å². The molecular weight excluding hydrogens is 463 g/mol. The average Bonchev–Trinajstić information content (AvgIpc) is 3.01. The van der Waals surface area contributed by atoms with Crippen LogP contribution in [0.2, 0.25) is 10.0 Å². The number of imide groups is 1. The van der Waals surface area contributed by atoms with E-state index in [9.17, 15) is 9.59 Å². The minimum atomic E-state index is -0.442. The third-order valence-corrected chi connectivity index (χ3v) is 6.90. The Labute approximate surface area is 201 Å². The van der Waals surface area contributed by atoms with Gasteiger partial charge in [-0.15, -0.1) is 0 Å². The number of aryl methyl sites for hydroxylation is 2. The number of carbonyl (C=O) groups is 2. The second kappa shape index (κ2) is 9.41. The van der Waals surface area contributed by atoms with E-state index in [-0.39, 0.29) is 10.7 Å². The molecule has 4 nitrogen and oxygen atoms in total. The van der Waals surface area contributed by atoms with Crippen molar-refractivity contribution in [1.82, 2.24) is 0 Å². The van der Waals surface area contributed by atoms with E-state index in [4.69, 9.17) is 23.2 Å². The van der Waals surface area contributed by atoms with Gasteiger partial charge in [0.1, 0.15) is 10.6 Å². The summed E-state index contributed by atoms with van der Waals surface area (Å²) in [5, 5.41) is 3.79. The van der Waals surface area contributed by atoms with E-state index in [0.717, 1.165) is 27.5 Å². The molecule has 0 radical (unpaired) electrons. The number of hydrogen-bond acceptors (Lipinski definition) is 4. The van der Waals surface area contributed by atoms with Gasteiger partial charge < -0.3 is 5.32 Å². The molecule has 0 spiro atoms. The zero-order chi connectivity index (χ0) is 22.8. The van der Waals surface area contributed by atoms with Gasteiger partial charge in [0.2, 0.25) is 0 Å². The van der Waals surface area contributed by atoms with Crippen molar-refractivity contribution in [2.75, 3.05) is 10.2 Å². The van der Waals surface area contributed by atoms with Gasteiger partial charge in [-0.1, -0.05) is 71.7 Å². The quantitative estimate of drug-likeness (QED) is 0.390. The normalized spacial score (nSPS) is 13.8. The summed E-state index contributed by atoms with van der Waals surface area (Å²) in [5.41, 5.74) is 3.63. The molecular formula is C25H20Cl2N2O2S. The molecule has 7 heteroatoms. The first-order chi connectivity index (χ1) is 15.4. The van der Waals surface area contributed by atoms with Gasteiger partial charge >= 0.3 is 0 Å². The fourth-order valence-corrected chi connectivity index (χ4v) is 4.48. The predicted octanol–water partition coefficient (Wildman–Crippen LogP) is 6.85. The highest BCUT2D eigenvalue weighted by Gasteiger charge is 2.40. The van der Waals surface area contributed by atoms with Crippen molar-refractivity contribution in [1.29, 1.82) is 0 Å². The smallest absolute Gasteiger partial charge is 0.283 e. The van der Waals surface area contributed by atoms with Gasteiger partial charge in [0, 0.05) is 10.6 Å². The Morgan fingerprint density at radius 2 is 1.56 bits per heavy atom. The first-order valence-corrected chi connectivity index (χ1v) is 11.6. The standard InChI is InChI=1S/C25H20Cl2N2O2S/c1-3-16-6-8-17(9-7-16)28-22-23(32-19-11-4-15(2)5-12-19)25(31)29(24(22)30)18-10-13-20(26)21(27)14-18/h4-14,28H,3H2,1-2H3. The van der Waals surface area contributed by atoms with Crippen molar-refractivity contribution in [3.8, 4) is 0 Å². The summed E-state index contributed by atoms with van der Waals surface area (Å²) in [6, 6.07) is 20.3. The maximum absolute atomic E-state index is 13.4. The number of rotatable bonds is 6. The highest BCUT2D eigenvalue weighted by molar-refractivity contribution is 8.04. The lowest BCUT2D eigenvalue weighted by atomic mass is 10.1. The second-order valence-electron chi connectivity index (χ2n) is 7.34. The molecule has 0 unspecified atom stereocenters. The molecule has 32 heavy (non-hydrogen) atoms. The monoisotopic (exact) mass is 482 g/mol. The molecule has 4 rings (SSSR count). The summed E-state index contributed by atoms with van der Waals surface area (Å²) in [4.78, 5) is 29.1. The van der Waals surface area contributed by atoms with Crippen LogP contribution >= 0.6 is 35.0 Å². The Balaban J connectivity index is 1.73. The fraction of sp³-hybridized carbons (Fsp3) is 0.120. The van der Waals surface area contributed by atoms with E-state index < -0.39 is 11.8 Å². The Morgan fingerprint density at radius 3 is 2.19 bits per heavy atom. The number of anilines is 2. The number of thioether (sulfide) groups is 1. The first kappa shape index (κ1) is 22.5. The Morgan fingerprint density at radius 1 is 0.875 bits per heavy atom. The molecule has 0 aromatic heterocycles.